The van der Waals surface area contributed by atoms with Gasteiger partial charge in [-0.15, -0.1) is 0 Å². The van der Waals surface area contributed by atoms with Crippen molar-refractivity contribution in [3.05, 3.63) is 33.9 Å². The van der Waals surface area contributed by atoms with Crippen LogP contribution in [0.4, 0.5) is 11.4 Å². The summed E-state index contributed by atoms with van der Waals surface area (Å²) in [6, 6.07) is 5.06. The van der Waals surface area contributed by atoms with E-state index in [2.05, 4.69) is 5.32 Å². The summed E-state index contributed by atoms with van der Waals surface area (Å²) in [5.74, 6) is 0. The van der Waals surface area contributed by atoms with Gasteiger partial charge in [-0.25, -0.2) is 0 Å². The van der Waals surface area contributed by atoms with Crippen LogP contribution in [0.5, 0.6) is 0 Å². The molecule has 3 N–H and O–H groups in total. The Labute approximate surface area is 82.1 Å². The second-order valence-electron chi connectivity index (χ2n) is 2.99. The number of nitro groups is 1. The molecule has 76 valence electrons. The van der Waals surface area contributed by atoms with Crippen molar-refractivity contribution in [3.63, 3.8) is 0 Å². The lowest BCUT2D eigenvalue weighted by atomic mass is 10.2. The Morgan fingerprint density at radius 3 is 2.86 bits per heavy atom. The molecule has 5 nitrogen and oxygen atoms in total. The number of nitrogens with one attached hydrogen (secondary N) is 1. The van der Waals surface area contributed by atoms with Crippen LogP contribution < -0.4 is 11.1 Å². The summed E-state index contributed by atoms with van der Waals surface area (Å²) >= 11 is 0. The second kappa shape index (κ2) is 4.57. The van der Waals surface area contributed by atoms with E-state index in [-0.39, 0.29) is 5.69 Å². The number of anilines is 1. The van der Waals surface area contributed by atoms with E-state index < -0.39 is 4.92 Å². The topological polar surface area (TPSA) is 81.2 Å². The molecule has 0 saturated carbocycles. The van der Waals surface area contributed by atoms with Gasteiger partial charge in [-0.1, -0.05) is 6.07 Å². The Balaban J connectivity index is 2.96. The number of rotatable bonds is 4. The third-order valence-electron chi connectivity index (χ3n) is 1.81. The average Bonchev–Trinajstić information content (AvgIpc) is 2.15. The van der Waals surface area contributed by atoms with Gasteiger partial charge in [-0.05, 0) is 18.6 Å². The van der Waals surface area contributed by atoms with E-state index in [0.717, 1.165) is 5.56 Å². The number of nitrogens with two attached hydrogens (primary N) is 1. The van der Waals surface area contributed by atoms with E-state index in [1.54, 1.807) is 12.1 Å². The maximum atomic E-state index is 10.7. The molecule has 0 saturated heterocycles. The van der Waals surface area contributed by atoms with Crippen LogP contribution in [0.2, 0.25) is 0 Å². The molecular formula is C9H13N3O2. The Morgan fingerprint density at radius 1 is 1.57 bits per heavy atom. The second-order valence-corrected chi connectivity index (χ2v) is 2.99. The van der Waals surface area contributed by atoms with Crippen molar-refractivity contribution in [1.29, 1.82) is 0 Å². The molecule has 0 radical (unpaired) electrons. The standard InChI is InChI=1S/C9H13N3O2/c1-7-2-3-8(11-5-4-10)9(6-7)12(13)14/h2-3,6,11H,4-5,10H2,1H3. The Hall–Kier alpha value is -1.62. The molecule has 5 heteroatoms. The predicted molar refractivity (Wildman–Crippen MR) is 55.4 cm³/mol. The van der Waals surface area contributed by atoms with E-state index in [1.165, 1.54) is 0 Å². The highest BCUT2D eigenvalue weighted by Crippen LogP contribution is 2.24. The molecule has 1 aromatic carbocycles. The minimum absolute atomic E-state index is 0.0958. The summed E-state index contributed by atoms with van der Waals surface area (Å²) in [5.41, 5.74) is 6.79. The largest absolute Gasteiger partial charge is 0.378 e. The molecule has 0 fully saturated rings. The Kier molecular flexibility index (Phi) is 3.41. The lowest BCUT2D eigenvalue weighted by Gasteiger charge is -2.05. The summed E-state index contributed by atoms with van der Waals surface area (Å²) in [6.07, 6.45) is 0. The van der Waals surface area contributed by atoms with Crippen LogP contribution in [0, 0.1) is 17.0 Å². The maximum absolute atomic E-state index is 10.7. The lowest BCUT2D eigenvalue weighted by molar-refractivity contribution is -0.384. The summed E-state index contributed by atoms with van der Waals surface area (Å²) in [5, 5.41) is 13.6. The van der Waals surface area contributed by atoms with Gasteiger partial charge in [0, 0.05) is 19.2 Å². The highest BCUT2D eigenvalue weighted by atomic mass is 16.6. The van der Waals surface area contributed by atoms with Gasteiger partial charge in [-0.3, -0.25) is 10.1 Å². The van der Waals surface area contributed by atoms with Crippen molar-refractivity contribution in [1.82, 2.24) is 0 Å². The zero-order valence-electron chi connectivity index (χ0n) is 7.99. The van der Waals surface area contributed by atoms with Crippen LogP contribution in [-0.2, 0) is 0 Å². The van der Waals surface area contributed by atoms with Crippen molar-refractivity contribution in [2.45, 2.75) is 6.92 Å². The third-order valence-corrected chi connectivity index (χ3v) is 1.81. The smallest absolute Gasteiger partial charge is 0.292 e. The number of hydrogen-bond acceptors (Lipinski definition) is 4. The third kappa shape index (κ3) is 2.43. The quantitative estimate of drug-likeness (QED) is 0.560. The molecule has 0 aliphatic rings. The van der Waals surface area contributed by atoms with Crippen LogP contribution in [0.3, 0.4) is 0 Å². The number of nitrogens with zero attached hydrogens (tertiary/aromatic N) is 1. The molecule has 1 rings (SSSR count). The van der Waals surface area contributed by atoms with Gasteiger partial charge in [0.25, 0.3) is 5.69 Å². The molecule has 1 aromatic rings. The van der Waals surface area contributed by atoms with Gasteiger partial charge in [-0.2, -0.15) is 0 Å². The minimum Gasteiger partial charge on any atom is -0.378 e. The fourth-order valence-corrected chi connectivity index (χ4v) is 1.15. The van der Waals surface area contributed by atoms with Crippen LogP contribution >= 0.6 is 0 Å². The van der Waals surface area contributed by atoms with Gasteiger partial charge >= 0.3 is 0 Å². The maximum Gasteiger partial charge on any atom is 0.292 e. The van der Waals surface area contributed by atoms with Gasteiger partial charge in [0.15, 0.2) is 0 Å². The van der Waals surface area contributed by atoms with Crippen molar-refractivity contribution in [3.8, 4) is 0 Å². The van der Waals surface area contributed by atoms with Gasteiger partial charge in [0.2, 0.25) is 0 Å². The molecule has 0 unspecified atom stereocenters. The monoisotopic (exact) mass is 195 g/mol. The van der Waals surface area contributed by atoms with Gasteiger partial charge < -0.3 is 11.1 Å². The number of nitro benzene ring substituents is 1. The normalized spacial score (nSPS) is 9.86. The Morgan fingerprint density at radius 2 is 2.29 bits per heavy atom. The van der Waals surface area contributed by atoms with Gasteiger partial charge in [0.1, 0.15) is 5.69 Å². The zero-order chi connectivity index (χ0) is 10.6. The van der Waals surface area contributed by atoms with Crippen LogP contribution in [-0.4, -0.2) is 18.0 Å². The fraction of sp³-hybridized carbons (Fsp3) is 0.333. The molecule has 0 amide bonds. The number of benzene rings is 1. The minimum atomic E-state index is -0.397. The summed E-state index contributed by atoms with van der Waals surface area (Å²) in [4.78, 5) is 10.3. The Bertz CT molecular complexity index is 339. The van der Waals surface area contributed by atoms with Gasteiger partial charge in [0.05, 0.1) is 4.92 Å². The molecule has 0 aliphatic heterocycles. The van der Waals surface area contributed by atoms with E-state index >= 15 is 0 Å². The first-order valence-electron chi connectivity index (χ1n) is 4.34. The molecule has 14 heavy (non-hydrogen) atoms. The van der Waals surface area contributed by atoms with Crippen LogP contribution in [0.15, 0.2) is 18.2 Å². The van der Waals surface area contributed by atoms with E-state index in [0.29, 0.717) is 18.8 Å². The number of hydrogen-bond donors (Lipinski definition) is 2. The van der Waals surface area contributed by atoms with Crippen molar-refractivity contribution >= 4 is 11.4 Å². The molecule has 0 atom stereocenters. The molecule has 0 spiro atoms. The first-order valence-corrected chi connectivity index (χ1v) is 4.34. The van der Waals surface area contributed by atoms with Crippen molar-refractivity contribution in [2.75, 3.05) is 18.4 Å². The molecule has 0 aliphatic carbocycles. The fourth-order valence-electron chi connectivity index (χ4n) is 1.15. The van der Waals surface area contributed by atoms with E-state index in [1.807, 2.05) is 13.0 Å². The van der Waals surface area contributed by atoms with Crippen molar-refractivity contribution in [2.24, 2.45) is 5.73 Å². The molecule has 0 aromatic heterocycles. The molecular weight excluding hydrogens is 182 g/mol. The first kappa shape index (κ1) is 10.5. The van der Waals surface area contributed by atoms with Crippen LogP contribution in [0.25, 0.3) is 0 Å². The summed E-state index contributed by atoms with van der Waals surface area (Å²) < 4.78 is 0. The SMILES string of the molecule is Cc1ccc(NCCN)c([N+](=O)[O-])c1. The highest BCUT2D eigenvalue weighted by Gasteiger charge is 2.12. The zero-order valence-corrected chi connectivity index (χ0v) is 7.99. The highest BCUT2D eigenvalue weighted by molar-refractivity contribution is 5.62. The molecule has 0 heterocycles. The number of aryl methyl sites for hydroxylation is 1. The predicted octanol–water partition coefficient (Wildman–Crippen LogP) is 1.27. The van der Waals surface area contributed by atoms with Crippen LogP contribution in [0.1, 0.15) is 5.56 Å². The van der Waals surface area contributed by atoms with E-state index in [4.69, 9.17) is 5.73 Å². The summed E-state index contributed by atoms with van der Waals surface area (Å²) in [7, 11) is 0. The van der Waals surface area contributed by atoms with Crippen molar-refractivity contribution < 1.29 is 4.92 Å². The van der Waals surface area contributed by atoms with E-state index in [9.17, 15) is 10.1 Å². The molecule has 0 bridgehead atoms. The lowest BCUT2D eigenvalue weighted by Crippen LogP contribution is -2.13. The summed E-state index contributed by atoms with van der Waals surface area (Å²) in [6.45, 7) is 2.80. The first-order chi connectivity index (χ1) is 6.65. The average molecular weight is 195 g/mol.